The first-order valence-electron chi connectivity index (χ1n) is 8.02. The first-order chi connectivity index (χ1) is 9.88. The second-order valence-electron chi connectivity index (χ2n) is 5.58. The van der Waals surface area contributed by atoms with Crippen molar-refractivity contribution >= 4 is 5.91 Å². The summed E-state index contributed by atoms with van der Waals surface area (Å²) in [6.45, 7) is 8.23. The SMILES string of the molecule is O=C([C@@H]1CCCCN1)N1CCNCCNCCNCC1. The van der Waals surface area contributed by atoms with E-state index in [4.69, 9.17) is 0 Å². The van der Waals surface area contributed by atoms with Gasteiger partial charge in [0.1, 0.15) is 0 Å². The first kappa shape index (κ1) is 15.7. The Morgan fingerprint density at radius 1 is 0.800 bits per heavy atom. The Kier molecular flexibility index (Phi) is 7.28. The van der Waals surface area contributed by atoms with E-state index in [-0.39, 0.29) is 11.9 Å². The summed E-state index contributed by atoms with van der Waals surface area (Å²) in [6.07, 6.45) is 3.35. The van der Waals surface area contributed by atoms with Crippen molar-refractivity contribution < 1.29 is 4.79 Å². The van der Waals surface area contributed by atoms with Crippen molar-refractivity contribution in [3.63, 3.8) is 0 Å². The summed E-state index contributed by atoms with van der Waals surface area (Å²) in [5, 5.41) is 13.5. The van der Waals surface area contributed by atoms with Crippen molar-refractivity contribution in [3.8, 4) is 0 Å². The van der Waals surface area contributed by atoms with Crippen LogP contribution >= 0.6 is 0 Å². The summed E-state index contributed by atoms with van der Waals surface area (Å²) in [7, 11) is 0. The first-order valence-corrected chi connectivity index (χ1v) is 8.02. The van der Waals surface area contributed by atoms with Crippen LogP contribution in [0.1, 0.15) is 19.3 Å². The second-order valence-corrected chi connectivity index (χ2v) is 5.58. The van der Waals surface area contributed by atoms with Crippen LogP contribution in [-0.2, 0) is 4.79 Å². The molecule has 116 valence electrons. The van der Waals surface area contributed by atoms with Crippen molar-refractivity contribution in [2.75, 3.05) is 58.9 Å². The highest BCUT2D eigenvalue weighted by Crippen LogP contribution is 2.09. The normalized spacial score (nSPS) is 27.4. The minimum absolute atomic E-state index is 0.0401. The van der Waals surface area contributed by atoms with Gasteiger partial charge in [0.2, 0.25) is 5.91 Å². The summed E-state index contributed by atoms with van der Waals surface area (Å²) in [6, 6.07) is 0.0401. The van der Waals surface area contributed by atoms with E-state index in [2.05, 4.69) is 21.3 Å². The molecule has 2 heterocycles. The number of rotatable bonds is 1. The van der Waals surface area contributed by atoms with E-state index in [1.165, 1.54) is 12.8 Å². The van der Waals surface area contributed by atoms with Gasteiger partial charge in [-0.15, -0.1) is 0 Å². The Morgan fingerprint density at radius 3 is 1.95 bits per heavy atom. The summed E-state index contributed by atoms with van der Waals surface area (Å²) >= 11 is 0. The molecule has 0 aromatic rings. The number of carbonyl (C=O) groups excluding carboxylic acids is 1. The molecule has 0 bridgehead atoms. The van der Waals surface area contributed by atoms with E-state index in [0.29, 0.717) is 0 Å². The molecule has 0 aromatic carbocycles. The lowest BCUT2D eigenvalue weighted by Crippen LogP contribution is -2.52. The number of amides is 1. The average molecular weight is 283 g/mol. The van der Waals surface area contributed by atoms with E-state index in [1.54, 1.807) is 0 Å². The van der Waals surface area contributed by atoms with Gasteiger partial charge in [-0.25, -0.2) is 0 Å². The van der Waals surface area contributed by atoms with Gasteiger partial charge in [-0.3, -0.25) is 4.79 Å². The van der Waals surface area contributed by atoms with Gasteiger partial charge in [0, 0.05) is 52.4 Å². The van der Waals surface area contributed by atoms with Crippen LogP contribution in [-0.4, -0.2) is 75.8 Å². The molecule has 2 fully saturated rings. The number of hydrogen-bond acceptors (Lipinski definition) is 5. The van der Waals surface area contributed by atoms with Gasteiger partial charge in [0.25, 0.3) is 0 Å². The maximum atomic E-state index is 12.6. The van der Waals surface area contributed by atoms with Crippen LogP contribution in [0.25, 0.3) is 0 Å². The van der Waals surface area contributed by atoms with Crippen LogP contribution in [0, 0.1) is 0 Å². The molecule has 2 rings (SSSR count). The smallest absolute Gasteiger partial charge is 0.239 e. The lowest BCUT2D eigenvalue weighted by molar-refractivity contribution is -0.134. The fourth-order valence-electron chi connectivity index (χ4n) is 2.77. The van der Waals surface area contributed by atoms with Gasteiger partial charge in [0.15, 0.2) is 0 Å². The van der Waals surface area contributed by atoms with Gasteiger partial charge < -0.3 is 26.2 Å². The van der Waals surface area contributed by atoms with Crippen LogP contribution in [0.3, 0.4) is 0 Å². The molecule has 20 heavy (non-hydrogen) atoms. The molecule has 0 spiro atoms. The van der Waals surface area contributed by atoms with E-state index in [0.717, 1.165) is 65.3 Å². The van der Waals surface area contributed by atoms with Gasteiger partial charge in [-0.1, -0.05) is 6.42 Å². The Balaban J connectivity index is 1.82. The van der Waals surface area contributed by atoms with Gasteiger partial charge >= 0.3 is 0 Å². The molecular formula is C14H29N5O. The Morgan fingerprint density at radius 2 is 1.40 bits per heavy atom. The van der Waals surface area contributed by atoms with Crippen molar-refractivity contribution in [2.24, 2.45) is 0 Å². The zero-order chi connectivity index (χ0) is 14.0. The molecule has 0 aliphatic carbocycles. The molecule has 6 heteroatoms. The zero-order valence-electron chi connectivity index (χ0n) is 12.4. The number of piperidine rings is 1. The number of hydrogen-bond donors (Lipinski definition) is 4. The molecule has 4 N–H and O–H groups in total. The lowest BCUT2D eigenvalue weighted by atomic mass is 10.0. The van der Waals surface area contributed by atoms with Crippen molar-refractivity contribution in [3.05, 3.63) is 0 Å². The molecule has 0 radical (unpaired) electrons. The molecule has 1 atom stereocenters. The fraction of sp³-hybridized carbons (Fsp3) is 0.929. The van der Waals surface area contributed by atoms with E-state index in [9.17, 15) is 4.79 Å². The van der Waals surface area contributed by atoms with Crippen LogP contribution < -0.4 is 21.3 Å². The standard InChI is InChI=1S/C14H29N5O/c20-14(13-3-1-2-4-18-13)19-11-9-16-7-5-15-6-8-17-10-12-19/h13,15-18H,1-12H2/t13-/m0/s1. The average Bonchev–Trinajstić information content (AvgIpc) is 2.48. The third-order valence-electron chi connectivity index (χ3n) is 3.99. The lowest BCUT2D eigenvalue weighted by Gasteiger charge is -2.30. The predicted octanol–water partition coefficient (Wildman–Crippen LogP) is -1.26. The quantitative estimate of drug-likeness (QED) is 0.484. The topological polar surface area (TPSA) is 68.4 Å². The molecule has 2 aliphatic rings. The number of carbonyl (C=O) groups is 1. The maximum absolute atomic E-state index is 12.6. The van der Waals surface area contributed by atoms with Gasteiger partial charge in [-0.05, 0) is 19.4 Å². The van der Waals surface area contributed by atoms with Crippen molar-refractivity contribution in [1.29, 1.82) is 0 Å². The van der Waals surface area contributed by atoms with Crippen LogP contribution in [0.2, 0.25) is 0 Å². The largest absolute Gasteiger partial charge is 0.339 e. The van der Waals surface area contributed by atoms with Crippen LogP contribution in [0.5, 0.6) is 0 Å². The Bertz CT molecular complexity index is 269. The molecule has 2 saturated heterocycles. The Labute approximate surface area is 122 Å². The third kappa shape index (κ3) is 5.36. The van der Waals surface area contributed by atoms with Crippen molar-refractivity contribution in [1.82, 2.24) is 26.2 Å². The molecule has 0 aromatic heterocycles. The van der Waals surface area contributed by atoms with Gasteiger partial charge in [-0.2, -0.15) is 0 Å². The zero-order valence-corrected chi connectivity index (χ0v) is 12.4. The summed E-state index contributed by atoms with van der Waals surface area (Å²) in [5.41, 5.74) is 0. The van der Waals surface area contributed by atoms with E-state index >= 15 is 0 Å². The number of nitrogens with one attached hydrogen (secondary N) is 4. The van der Waals surface area contributed by atoms with Gasteiger partial charge in [0.05, 0.1) is 6.04 Å². The molecule has 1 amide bonds. The second kappa shape index (κ2) is 9.28. The maximum Gasteiger partial charge on any atom is 0.239 e. The molecule has 0 unspecified atom stereocenters. The highest BCUT2D eigenvalue weighted by Gasteiger charge is 2.25. The van der Waals surface area contributed by atoms with Crippen LogP contribution in [0.4, 0.5) is 0 Å². The molecular weight excluding hydrogens is 254 g/mol. The summed E-state index contributed by atoms with van der Waals surface area (Å²) in [5.74, 6) is 0.281. The highest BCUT2D eigenvalue weighted by atomic mass is 16.2. The predicted molar refractivity (Wildman–Crippen MR) is 80.8 cm³/mol. The molecule has 6 nitrogen and oxygen atoms in total. The van der Waals surface area contributed by atoms with Crippen LogP contribution in [0.15, 0.2) is 0 Å². The highest BCUT2D eigenvalue weighted by molar-refractivity contribution is 5.82. The fourth-order valence-corrected chi connectivity index (χ4v) is 2.77. The monoisotopic (exact) mass is 283 g/mol. The minimum Gasteiger partial charge on any atom is -0.339 e. The summed E-state index contributed by atoms with van der Waals surface area (Å²) < 4.78 is 0. The van der Waals surface area contributed by atoms with Crippen molar-refractivity contribution in [2.45, 2.75) is 25.3 Å². The molecule has 2 aliphatic heterocycles. The third-order valence-corrected chi connectivity index (χ3v) is 3.99. The van der Waals surface area contributed by atoms with E-state index < -0.39 is 0 Å². The number of nitrogens with zero attached hydrogens (tertiary/aromatic N) is 1. The van der Waals surface area contributed by atoms with E-state index in [1.807, 2.05) is 4.90 Å². The minimum atomic E-state index is 0.0401. The summed E-state index contributed by atoms with van der Waals surface area (Å²) in [4.78, 5) is 14.6. The molecule has 0 saturated carbocycles. The Hall–Kier alpha value is -0.690.